The molecule has 0 aromatic heterocycles. The number of thiocarbonyl (C=S) groups is 1. The fourth-order valence-corrected chi connectivity index (χ4v) is 1.68. The van der Waals surface area contributed by atoms with Crippen LogP contribution in [0.15, 0.2) is 18.2 Å². The van der Waals surface area contributed by atoms with Gasteiger partial charge in [0.15, 0.2) is 0 Å². The molecule has 0 aliphatic rings. The first kappa shape index (κ1) is 14.7. The van der Waals surface area contributed by atoms with E-state index in [1.165, 1.54) is 0 Å². The third-order valence-electron chi connectivity index (χ3n) is 2.46. The summed E-state index contributed by atoms with van der Waals surface area (Å²) < 4.78 is 10.9. The van der Waals surface area contributed by atoms with Crippen molar-refractivity contribution in [3.05, 3.63) is 23.8 Å². The van der Waals surface area contributed by atoms with E-state index in [9.17, 15) is 0 Å². The summed E-state index contributed by atoms with van der Waals surface area (Å²) >= 11 is 5.00. The number of methoxy groups -OCH3 is 1. The van der Waals surface area contributed by atoms with E-state index in [4.69, 9.17) is 27.4 Å². The molecule has 4 nitrogen and oxygen atoms in total. The number of hydrogen-bond acceptors (Lipinski definition) is 4. The number of ether oxygens (including phenoxy) is 2. The summed E-state index contributed by atoms with van der Waals surface area (Å²) in [6.45, 7) is 1.60. The molecule has 0 spiro atoms. The van der Waals surface area contributed by atoms with Gasteiger partial charge in [0.2, 0.25) is 0 Å². The summed E-state index contributed by atoms with van der Waals surface area (Å²) in [7, 11) is 5.68. The highest BCUT2D eigenvalue weighted by molar-refractivity contribution is 7.80. The molecule has 100 valence electrons. The Labute approximate surface area is 114 Å². The normalized spacial score (nSPS) is 10.4. The molecule has 0 aliphatic heterocycles. The molecule has 0 atom stereocenters. The van der Waals surface area contributed by atoms with Gasteiger partial charge in [-0.15, -0.1) is 0 Å². The summed E-state index contributed by atoms with van der Waals surface area (Å²) in [6, 6.07) is 5.45. The second-order valence-corrected chi connectivity index (χ2v) is 4.67. The van der Waals surface area contributed by atoms with Gasteiger partial charge in [0.1, 0.15) is 16.5 Å². The largest absolute Gasteiger partial charge is 0.497 e. The van der Waals surface area contributed by atoms with E-state index < -0.39 is 0 Å². The zero-order valence-electron chi connectivity index (χ0n) is 11.1. The number of nitrogens with zero attached hydrogens (tertiary/aromatic N) is 1. The lowest BCUT2D eigenvalue weighted by atomic mass is 10.2. The van der Waals surface area contributed by atoms with Crippen molar-refractivity contribution >= 4 is 17.2 Å². The molecule has 0 fully saturated rings. The standard InChI is InChI=1S/C13H20N2O2S/c1-15(2)7-4-8-17-12-9-10(16-3)5-6-11(12)13(14)18/h5-6,9H,4,7-8H2,1-3H3,(H2,14,18). The Morgan fingerprint density at radius 3 is 2.67 bits per heavy atom. The summed E-state index contributed by atoms with van der Waals surface area (Å²) in [5.41, 5.74) is 6.41. The van der Waals surface area contributed by atoms with Crippen molar-refractivity contribution in [3.63, 3.8) is 0 Å². The molecular weight excluding hydrogens is 248 g/mol. The Bertz CT molecular complexity index is 408. The highest BCUT2D eigenvalue weighted by Gasteiger charge is 2.08. The molecule has 5 heteroatoms. The zero-order chi connectivity index (χ0) is 13.5. The Morgan fingerprint density at radius 2 is 2.11 bits per heavy atom. The van der Waals surface area contributed by atoms with Gasteiger partial charge in [-0.2, -0.15) is 0 Å². The average Bonchev–Trinajstić information content (AvgIpc) is 2.33. The van der Waals surface area contributed by atoms with Gasteiger partial charge >= 0.3 is 0 Å². The van der Waals surface area contributed by atoms with Gasteiger partial charge in [-0.05, 0) is 32.6 Å². The summed E-state index contributed by atoms with van der Waals surface area (Å²) in [4.78, 5) is 2.45. The second-order valence-electron chi connectivity index (χ2n) is 4.23. The van der Waals surface area contributed by atoms with E-state index in [1.807, 2.05) is 32.3 Å². The fraction of sp³-hybridized carbons (Fsp3) is 0.462. The first-order valence-corrected chi connectivity index (χ1v) is 6.20. The molecule has 0 bridgehead atoms. The number of hydrogen-bond donors (Lipinski definition) is 1. The van der Waals surface area contributed by atoms with Crippen molar-refractivity contribution < 1.29 is 9.47 Å². The molecule has 0 saturated carbocycles. The molecule has 1 rings (SSSR count). The minimum atomic E-state index is 0.334. The average molecular weight is 268 g/mol. The molecule has 1 aromatic rings. The van der Waals surface area contributed by atoms with Crippen molar-refractivity contribution in [2.24, 2.45) is 5.73 Å². The van der Waals surface area contributed by atoms with E-state index in [0.29, 0.717) is 17.3 Å². The zero-order valence-corrected chi connectivity index (χ0v) is 11.9. The third-order valence-corrected chi connectivity index (χ3v) is 2.68. The van der Waals surface area contributed by atoms with Crippen molar-refractivity contribution in [3.8, 4) is 11.5 Å². The molecule has 0 heterocycles. The van der Waals surface area contributed by atoms with Crippen LogP contribution in [-0.2, 0) is 0 Å². The molecule has 0 radical (unpaired) electrons. The van der Waals surface area contributed by atoms with Crippen LogP contribution in [0, 0.1) is 0 Å². The van der Waals surface area contributed by atoms with Crippen LogP contribution in [0.4, 0.5) is 0 Å². The van der Waals surface area contributed by atoms with E-state index in [2.05, 4.69) is 4.90 Å². The van der Waals surface area contributed by atoms with Crippen LogP contribution in [0.5, 0.6) is 11.5 Å². The predicted octanol–water partition coefficient (Wildman–Crippen LogP) is 1.66. The van der Waals surface area contributed by atoms with Crippen molar-refractivity contribution in [2.75, 3.05) is 34.4 Å². The van der Waals surface area contributed by atoms with Crippen LogP contribution in [-0.4, -0.2) is 44.2 Å². The topological polar surface area (TPSA) is 47.7 Å². The minimum Gasteiger partial charge on any atom is -0.497 e. The Balaban J connectivity index is 2.69. The molecule has 0 unspecified atom stereocenters. The van der Waals surface area contributed by atoms with Gasteiger partial charge in [-0.3, -0.25) is 0 Å². The van der Waals surface area contributed by atoms with E-state index in [0.717, 1.165) is 24.3 Å². The third kappa shape index (κ3) is 4.50. The van der Waals surface area contributed by atoms with Crippen molar-refractivity contribution in [1.29, 1.82) is 0 Å². The Kier molecular flexibility index (Phi) is 5.88. The summed E-state index contributed by atoms with van der Waals surface area (Å²) in [6.07, 6.45) is 0.945. The first-order valence-electron chi connectivity index (χ1n) is 5.80. The smallest absolute Gasteiger partial charge is 0.133 e. The van der Waals surface area contributed by atoms with Gasteiger partial charge in [0, 0.05) is 12.6 Å². The lowest BCUT2D eigenvalue weighted by Gasteiger charge is -2.13. The van der Waals surface area contributed by atoms with Gasteiger partial charge in [-0.25, -0.2) is 0 Å². The lowest BCUT2D eigenvalue weighted by molar-refractivity contribution is 0.280. The number of benzene rings is 1. The van der Waals surface area contributed by atoms with Gasteiger partial charge in [0.05, 0.1) is 19.3 Å². The van der Waals surface area contributed by atoms with Crippen LogP contribution in [0.3, 0.4) is 0 Å². The van der Waals surface area contributed by atoms with E-state index in [1.54, 1.807) is 7.11 Å². The Morgan fingerprint density at radius 1 is 1.39 bits per heavy atom. The van der Waals surface area contributed by atoms with Crippen molar-refractivity contribution in [1.82, 2.24) is 4.90 Å². The highest BCUT2D eigenvalue weighted by atomic mass is 32.1. The maximum absolute atomic E-state index is 5.72. The lowest BCUT2D eigenvalue weighted by Crippen LogP contribution is -2.17. The van der Waals surface area contributed by atoms with Crippen LogP contribution >= 0.6 is 12.2 Å². The number of rotatable bonds is 7. The fourth-order valence-electron chi connectivity index (χ4n) is 1.52. The first-order chi connectivity index (χ1) is 8.54. The molecule has 0 amide bonds. The van der Waals surface area contributed by atoms with Crippen molar-refractivity contribution in [2.45, 2.75) is 6.42 Å². The maximum atomic E-state index is 5.72. The van der Waals surface area contributed by atoms with E-state index >= 15 is 0 Å². The maximum Gasteiger partial charge on any atom is 0.133 e. The SMILES string of the molecule is COc1ccc(C(N)=S)c(OCCCN(C)C)c1. The monoisotopic (exact) mass is 268 g/mol. The molecule has 18 heavy (non-hydrogen) atoms. The summed E-state index contributed by atoms with van der Waals surface area (Å²) in [5.74, 6) is 1.42. The van der Waals surface area contributed by atoms with Crippen LogP contribution in [0.2, 0.25) is 0 Å². The summed E-state index contributed by atoms with van der Waals surface area (Å²) in [5, 5.41) is 0. The van der Waals surface area contributed by atoms with Gasteiger partial charge in [0.25, 0.3) is 0 Å². The number of nitrogens with two attached hydrogens (primary N) is 1. The second kappa shape index (κ2) is 7.18. The molecule has 1 aromatic carbocycles. The molecule has 0 aliphatic carbocycles. The highest BCUT2D eigenvalue weighted by Crippen LogP contribution is 2.24. The van der Waals surface area contributed by atoms with Crippen LogP contribution in [0.25, 0.3) is 0 Å². The quantitative estimate of drug-likeness (QED) is 0.602. The van der Waals surface area contributed by atoms with Gasteiger partial charge in [-0.1, -0.05) is 12.2 Å². The van der Waals surface area contributed by atoms with Crippen LogP contribution < -0.4 is 15.2 Å². The van der Waals surface area contributed by atoms with Crippen LogP contribution in [0.1, 0.15) is 12.0 Å². The van der Waals surface area contributed by atoms with Gasteiger partial charge < -0.3 is 20.1 Å². The van der Waals surface area contributed by atoms with E-state index in [-0.39, 0.29) is 0 Å². The minimum absolute atomic E-state index is 0.334. The molecule has 2 N–H and O–H groups in total. The molecule has 0 saturated heterocycles. The predicted molar refractivity (Wildman–Crippen MR) is 77.5 cm³/mol. The molecular formula is C13H20N2O2S. The Hall–Kier alpha value is -1.33.